The molecule has 2 rings (SSSR count). The van der Waals surface area contributed by atoms with Crippen LogP contribution in [-0.2, 0) is 4.79 Å². The number of primary amides is 1. The first-order valence-corrected chi connectivity index (χ1v) is 6.36. The molecule has 2 aliphatic carbocycles. The van der Waals surface area contributed by atoms with E-state index in [1.165, 1.54) is 25.7 Å². The van der Waals surface area contributed by atoms with Gasteiger partial charge < -0.3 is 5.73 Å². The minimum absolute atomic E-state index is 0.00664. The average Bonchev–Trinajstić information content (AvgIpc) is 2.29. The molecule has 2 aliphatic rings. The van der Waals surface area contributed by atoms with Crippen molar-refractivity contribution in [3.63, 3.8) is 0 Å². The first kappa shape index (κ1) is 11.4. The van der Waals surface area contributed by atoms with Gasteiger partial charge in [-0.25, -0.2) is 0 Å². The summed E-state index contributed by atoms with van der Waals surface area (Å²) in [7, 11) is 0. The van der Waals surface area contributed by atoms with E-state index in [2.05, 4.69) is 12.2 Å². The average molecular weight is 219 g/mol. The third kappa shape index (κ3) is 2.37. The van der Waals surface area contributed by atoms with E-state index in [9.17, 15) is 4.79 Å². The number of carbonyl (C=O) groups is 1. The fourth-order valence-corrected chi connectivity index (χ4v) is 2.91. The van der Waals surface area contributed by atoms with E-state index >= 15 is 0 Å². The van der Waals surface area contributed by atoms with Crippen LogP contribution in [0.3, 0.4) is 0 Å². The molecular weight excluding hydrogens is 198 g/mol. The predicted molar refractivity (Wildman–Crippen MR) is 65.7 cm³/mol. The van der Waals surface area contributed by atoms with Crippen molar-refractivity contribution >= 4 is 5.91 Å². The second kappa shape index (κ2) is 4.86. The molecule has 2 atom stereocenters. The lowest BCUT2D eigenvalue weighted by atomic mass is 9.76. The van der Waals surface area contributed by atoms with Crippen molar-refractivity contribution in [3.05, 3.63) is 23.3 Å². The Kier molecular flexibility index (Phi) is 3.47. The third-order valence-corrected chi connectivity index (χ3v) is 3.91. The van der Waals surface area contributed by atoms with Crippen molar-refractivity contribution in [1.82, 2.24) is 0 Å². The van der Waals surface area contributed by atoms with Gasteiger partial charge in [-0.2, -0.15) is 0 Å². The Morgan fingerprint density at radius 1 is 1.50 bits per heavy atom. The van der Waals surface area contributed by atoms with E-state index in [0.717, 1.165) is 12.8 Å². The van der Waals surface area contributed by atoms with Gasteiger partial charge in [0.2, 0.25) is 5.91 Å². The molecule has 2 heteroatoms. The van der Waals surface area contributed by atoms with Crippen LogP contribution in [0.4, 0.5) is 0 Å². The lowest BCUT2D eigenvalue weighted by Crippen LogP contribution is -2.24. The highest BCUT2D eigenvalue weighted by atomic mass is 16.1. The molecule has 0 aliphatic heterocycles. The standard InChI is InChI=1S/C14H21NO/c1-10(14(15)16)9-12-7-4-6-11-5-2-3-8-13(11)12/h4,6,10,12H,2-3,5,7-9H2,1H3,(H2,15,16). The van der Waals surface area contributed by atoms with Gasteiger partial charge in [-0.05, 0) is 50.0 Å². The number of rotatable bonds is 3. The van der Waals surface area contributed by atoms with Crippen LogP contribution in [-0.4, -0.2) is 5.91 Å². The maximum Gasteiger partial charge on any atom is 0.220 e. The second-order valence-corrected chi connectivity index (χ2v) is 5.13. The monoisotopic (exact) mass is 219 g/mol. The lowest BCUT2D eigenvalue weighted by molar-refractivity contribution is -0.121. The van der Waals surface area contributed by atoms with Crippen molar-refractivity contribution in [2.24, 2.45) is 17.6 Å². The van der Waals surface area contributed by atoms with Gasteiger partial charge in [-0.15, -0.1) is 0 Å². The van der Waals surface area contributed by atoms with Gasteiger partial charge in [0.25, 0.3) is 0 Å². The number of carbonyl (C=O) groups excluding carboxylic acids is 1. The number of hydrogen-bond acceptors (Lipinski definition) is 1. The molecule has 2 N–H and O–H groups in total. The molecule has 0 aromatic carbocycles. The van der Waals surface area contributed by atoms with Crippen molar-refractivity contribution in [1.29, 1.82) is 0 Å². The highest BCUT2D eigenvalue weighted by Crippen LogP contribution is 2.38. The Morgan fingerprint density at radius 2 is 2.25 bits per heavy atom. The Bertz CT molecular complexity index is 341. The fourth-order valence-electron chi connectivity index (χ4n) is 2.91. The molecule has 0 saturated carbocycles. The van der Waals surface area contributed by atoms with Crippen LogP contribution in [0.2, 0.25) is 0 Å². The first-order valence-electron chi connectivity index (χ1n) is 6.36. The normalized spacial score (nSPS) is 26.4. The molecule has 2 unspecified atom stereocenters. The molecule has 0 saturated heterocycles. The zero-order chi connectivity index (χ0) is 11.5. The topological polar surface area (TPSA) is 43.1 Å². The molecule has 0 heterocycles. The van der Waals surface area contributed by atoms with Crippen LogP contribution in [0.25, 0.3) is 0 Å². The number of hydrogen-bond donors (Lipinski definition) is 1. The van der Waals surface area contributed by atoms with Gasteiger partial charge in [0.1, 0.15) is 0 Å². The highest BCUT2D eigenvalue weighted by molar-refractivity contribution is 5.76. The predicted octanol–water partition coefficient (Wildman–Crippen LogP) is 2.94. The van der Waals surface area contributed by atoms with Crippen molar-refractivity contribution in [2.75, 3.05) is 0 Å². The molecule has 0 aromatic rings. The van der Waals surface area contributed by atoms with Crippen LogP contribution < -0.4 is 5.73 Å². The summed E-state index contributed by atoms with van der Waals surface area (Å²) in [6, 6.07) is 0. The maximum absolute atomic E-state index is 11.1. The van der Waals surface area contributed by atoms with Crippen LogP contribution in [0.1, 0.15) is 45.4 Å². The number of amides is 1. The minimum atomic E-state index is -0.160. The SMILES string of the molecule is CC(CC1CC=CC2=C1CCCC2)C(N)=O. The van der Waals surface area contributed by atoms with E-state index in [-0.39, 0.29) is 11.8 Å². The molecule has 0 spiro atoms. The molecular formula is C14H21NO. The third-order valence-electron chi connectivity index (χ3n) is 3.91. The van der Waals surface area contributed by atoms with Crippen molar-refractivity contribution in [2.45, 2.75) is 45.4 Å². The molecule has 0 bridgehead atoms. The summed E-state index contributed by atoms with van der Waals surface area (Å²) < 4.78 is 0. The van der Waals surface area contributed by atoms with Crippen LogP contribution >= 0.6 is 0 Å². The fraction of sp³-hybridized carbons (Fsp3) is 0.643. The Morgan fingerprint density at radius 3 is 3.00 bits per heavy atom. The Hall–Kier alpha value is -1.05. The van der Waals surface area contributed by atoms with Crippen LogP contribution in [0.5, 0.6) is 0 Å². The lowest BCUT2D eigenvalue weighted by Gasteiger charge is -2.30. The molecule has 0 fully saturated rings. The molecule has 0 radical (unpaired) electrons. The molecule has 88 valence electrons. The van der Waals surface area contributed by atoms with E-state index in [1.54, 1.807) is 11.1 Å². The summed E-state index contributed by atoms with van der Waals surface area (Å²) >= 11 is 0. The van der Waals surface area contributed by atoms with E-state index < -0.39 is 0 Å². The summed E-state index contributed by atoms with van der Waals surface area (Å²) in [4.78, 5) is 11.1. The minimum Gasteiger partial charge on any atom is -0.369 e. The Labute approximate surface area is 97.6 Å². The zero-order valence-corrected chi connectivity index (χ0v) is 10.0. The van der Waals surface area contributed by atoms with Gasteiger partial charge in [0.15, 0.2) is 0 Å². The summed E-state index contributed by atoms with van der Waals surface area (Å²) in [5.74, 6) is 0.419. The van der Waals surface area contributed by atoms with Crippen LogP contribution in [0, 0.1) is 11.8 Å². The summed E-state index contributed by atoms with van der Waals surface area (Å²) in [6.07, 6.45) is 11.7. The van der Waals surface area contributed by atoms with Gasteiger partial charge in [-0.1, -0.05) is 24.6 Å². The van der Waals surface area contributed by atoms with Crippen LogP contribution in [0.15, 0.2) is 23.3 Å². The summed E-state index contributed by atoms with van der Waals surface area (Å²) in [5, 5.41) is 0. The smallest absolute Gasteiger partial charge is 0.220 e. The van der Waals surface area contributed by atoms with E-state index in [4.69, 9.17) is 5.73 Å². The highest BCUT2D eigenvalue weighted by Gasteiger charge is 2.25. The second-order valence-electron chi connectivity index (χ2n) is 5.13. The van der Waals surface area contributed by atoms with Gasteiger partial charge in [0, 0.05) is 5.92 Å². The summed E-state index contributed by atoms with van der Waals surface area (Å²) in [5.41, 5.74) is 8.50. The van der Waals surface area contributed by atoms with Crippen molar-refractivity contribution < 1.29 is 4.79 Å². The molecule has 0 aromatic heterocycles. The Balaban J connectivity index is 2.08. The van der Waals surface area contributed by atoms with E-state index in [0.29, 0.717) is 5.92 Å². The van der Waals surface area contributed by atoms with Gasteiger partial charge >= 0.3 is 0 Å². The largest absolute Gasteiger partial charge is 0.369 e. The number of nitrogens with two attached hydrogens (primary N) is 1. The quantitative estimate of drug-likeness (QED) is 0.779. The molecule has 1 amide bonds. The zero-order valence-electron chi connectivity index (χ0n) is 10.0. The van der Waals surface area contributed by atoms with E-state index in [1.807, 2.05) is 6.92 Å². The number of allylic oxidation sites excluding steroid dienone is 4. The van der Waals surface area contributed by atoms with Crippen molar-refractivity contribution in [3.8, 4) is 0 Å². The maximum atomic E-state index is 11.1. The summed E-state index contributed by atoms with van der Waals surface area (Å²) in [6.45, 7) is 1.95. The van der Waals surface area contributed by atoms with Gasteiger partial charge in [0.05, 0.1) is 0 Å². The molecule has 2 nitrogen and oxygen atoms in total. The van der Waals surface area contributed by atoms with Gasteiger partial charge in [-0.3, -0.25) is 4.79 Å². The molecule has 16 heavy (non-hydrogen) atoms. The first-order chi connectivity index (χ1) is 7.68.